The van der Waals surface area contributed by atoms with Crippen molar-refractivity contribution in [2.45, 2.75) is 38.1 Å². The van der Waals surface area contributed by atoms with E-state index in [4.69, 9.17) is 0 Å². The number of thiophene rings is 1. The van der Waals surface area contributed by atoms with E-state index in [1.807, 2.05) is 6.07 Å². The summed E-state index contributed by atoms with van der Waals surface area (Å²) >= 11 is 3.33. The van der Waals surface area contributed by atoms with Crippen LogP contribution in [-0.2, 0) is 16.4 Å². The lowest BCUT2D eigenvalue weighted by atomic mass is 10.3. The highest BCUT2D eigenvalue weighted by molar-refractivity contribution is 7.88. The van der Waals surface area contributed by atoms with Gasteiger partial charge in [0.25, 0.3) is 0 Å². The first-order valence-electron chi connectivity index (χ1n) is 7.75. The largest absolute Gasteiger partial charge is 0.359 e. The molecule has 2 heterocycles. The van der Waals surface area contributed by atoms with Crippen molar-refractivity contribution in [2.75, 3.05) is 18.1 Å². The van der Waals surface area contributed by atoms with Crippen molar-refractivity contribution in [1.29, 1.82) is 0 Å². The summed E-state index contributed by atoms with van der Waals surface area (Å²) in [6.07, 6.45) is 6.99. The molecule has 1 aliphatic rings. The van der Waals surface area contributed by atoms with E-state index < -0.39 is 10.0 Å². The zero-order chi connectivity index (χ0) is 16.3. The number of rotatable bonds is 7. The number of nitrogens with zero attached hydrogens (tertiary/aromatic N) is 1. The molecule has 2 aromatic rings. The predicted octanol–water partition coefficient (Wildman–Crippen LogP) is 3.32. The van der Waals surface area contributed by atoms with Crippen molar-refractivity contribution in [3.05, 3.63) is 22.4 Å². The summed E-state index contributed by atoms with van der Waals surface area (Å²) in [6, 6.07) is 4.69. The van der Waals surface area contributed by atoms with Gasteiger partial charge in [-0.15, -0.1) is 22.7 Å². The standard InChI is InChI=1S/C15H21N3O2S3/c1-23(19,20)16-9-8-12-6-7-14(22-12)13-10-21-15(18-13)17-11-4-2-3-5-11/h6-7,10-11,16H,2-5,8-9H2,1H3,(H,17,18). The fourth-order valence-corrected chi connectivity index (χ4v) is 5.01. The molecule has 8 heteroatoms. The molecule has 0 aliphatic heterocycles. The highest BCUT2D eigenvalue weighted by atomic mass is 32.2. The van der Waals surface area contributed by atoms with Crippen LogP contribution in [0.1, 0.15) is 30.6 Å². The van der Waals surface area contributed by atoms with Crippen LogP contribution in [0.3, 0.4) is 0 Å². The van der Waals surface area contributed by atoms with Gasteiger partial charge in [-0.1, -0.05) is 12.8 Å². The summed E-state index contributed by atoms with van der Waals surface area (Å²) in [6.45, 7) is 0.435. The molecule has 0 unspecified atom stereocenters. The number of thiazole rings is 1. The number of anilines is 1. The van der Waals surface area contributed by atoms with Crippen LogP contribution in [0.4, 0.5) is 5.13 Å². The van der Waals surface area contributed by atoms with E-state index >= 15 is 0 Å². The van der Waals surface area contributed by atoms with Crippen LogP contribution in [0.2, 0.25) is 0 Å². The molecule has 0 bridgehead atoms. The van der Waals surface area contributed by atoms with E-state index in [0.717, 1.165) is 20.6 Å². The minimum absolute atomic E-state index is 0.435. The average molecular weight is 372 g/mol. The monoisotopic (exact) mass is 371 g/mol. The summed E-state index contributed by atoms with van der Waals surface area (Å²) < 4.78 is 24.7. The number of aromatic nitrogens is 1. The van der Waals surface area contributed by atoms with Crippen molar-refractivity contribution < 1.29 is 8.42 Å². The molecule has 0 radical (unpaired) electrons. The molecule has 2 aromatic heterocycles. The highest BCUT2D eigenvalue weighted by Crippen LogP contribution is 2.32. The lowest BCUT2D eigenvalue weighted by Crippen LogP contribution is -2.23. The molecule has 5 nitrogen and oxygen atoms in total. The Morgan fingerprint density at radius 2 is 2.09 bits per heavy atom. The third kappa shape index (κ3) is 5.00. The van der Waals surface area contributed by atoms with Gasteiger partial charge in [-0.05, 0) is 31.4 Å². The smallest absolute Gasteiger partial charge is 0.208 e. The fourth-order valence-electron chi connectivity index (χ4n) is 2.71. The lowest BCUT2D eigenvalue weighted by molar-refractivity contribution is 0.588. The van der Waals surface area contributed by atoms with E-state index in [1.165, 1.54) is 31.9 Å². The molecule has 3 rings (SSSR count). The van der Waals surface area contributed by atoms with Gasteiger partial charge in [0, 0.05) is 22.8 Å². The number of nitrogens with one attached hydrogen (secondary N) is 2. The molecule has 23 heavy (non-hydrogen) atoms. The first kappa shape index (κ1) is 16.9. The third-order valence-electron chi connectivity index (χ3n) is 3.84. The predicted molar refractivity (Wildman–Crippen MR) is 97.9 cm³/mol. The van der Waals surface area contributed by atoms with Crippen LogP contribution in [0.25, 0.3) is 10.6 Å². The molecule has 2 N–H and O–H groups in total. The maximum Gasteiger partial charge on any atom is 0.208 e. The highest BCUT2D eigenvalue weighted by Gasteiger charge is 2.16. The molecule has 0 saturated heterocycles. The first-order valence-corrected chi connectivity index (χ1v) is 11.3. The number of hydrogen-bond acceptors (Lipinski definition) is 6. The van der Waals surface area contributed by atoms with Crippen LogP contribution in [0, 0.1) is 0 Å². The Kier molecular flexibility index (Phi) is 5.35. The maximum atomic E-state index is 11.1. The zero-order valence-corrected chi connectivity index (χ0v) is 15.5. The Morgan fingerprint density at radius 3 is 2.83 bits per heavy atom. The Morgan fingerprint density at radius 1 is 1.30 bits per heavy atom. The lowest BCUT2D eigenvalue weighted by Gasteiger charge is -2.09. The summed E-state index contributed by atoms with van der Waals surface area (Å²) in [5.41, 5.74) is 1.00. The first-order chi connectivity index (χ1) is 11.0. The molecule has 1 aliphatic carbocycles. The molecule has 1 fully saturated rings. The van der Waals surface area contributed by atoms with E-state index in [2.05, 4.69) is 26.5 Å². The van der Waals surface area contributed by atoms with Crippen molar-refractivity contribution in [1.82, 2.24) is 9.71 Å². The second-order valence-corrected chi connectivity index (χ2v) is 9.71. The zero-order valence-electron chi connectivity index (χ0n) is 13.0. The van der Waals surface area contributed by atoms with Gasteiger partial charge in [-0.25, -0.2) is 18.1 Å². The molecular weight excluding hydrogens is 350 g/mol. The van der Waals surface area contributed by atoms with Crippen LogP contribution in [0.5, 0.6) is 0 Å². The van der Waals surface area contributed by atoms with Gasteiger partial charge in [0.15, 0.2) is 5.13 Å². The molecule has 0 atom stereocenters. The number of sulfonamides is 1. The minimum Gasteiger partial charge on any atom is -0.359 e. The van der Waals surface area contributed by atoms with E-state index in [0.29, 0.717) is 19.0 Å². The Hall–Kier alpha value is -0.960. The Labute approximate surface area is 145 Å². The van der Waals surface area contributed by atoms with E-state index in [1.54, 1.807) is 22.7 Å². The van der Waals surface area contributed by atoms with Crippen molar-refractivity contribution >= 4 is 37.8 Å². The fraction of sp³-hybridized carbons (Fsp3) is 0.533. The topological polar surface area (TPSA) is 71.1 Å². The van der Waals surface area contributed by atoms with E-state index in [-0.39, 0.29) is 0 Å². The molecule has 0 aromatic carbocycles. The van der Waals surface area contributed by atoms with Crippen LogP contribution in [0.15, 0.2) is 17.5 Å². The van der Waals surface area contributed by atoms with Gasteiger partial charge >= 0.3 is 0 Å². The van der Waals surface area contributed by atoms with E-state index in [9.17, 15) is 8.42 Å². The summed E-state index contributed by atoms with van der Waals surface area (Å²) in [5.74, 6) is 0. The molecule has 1 saturated carbocycles. The van der Waals surface area contributed by atoms with Gasteiger partial charge in [0.2, 0.25) is 10.0 Å². The summed E-state index contributed by atoms with van der Waals surface area (Å²) in [4.78, 5) is 6.98. The van der Waals surface area contributed by atoms with Gasteiger partial charge < -0.3 is 5.32 Å². The van der Waals surface area contributed by atoms with Gasteiger partial charge in [0.05, 0.1) is 16.8 Å². The second kappa shape index (κ2) is 7.29. The normalized spacial score (nSPS) is 16.0. The Bertz CT molecular complexity index is 746. The summed E-state index contributed by atoms with van der Waals surface area (Å²) in [5, 5.41) is 6.61. The quantitative estimate of drug-likeness (QED) is 0.783. The molecule has 0 spiro atoms. The molecular formula is C15H21N3O2S3. The molecule has 126 valence electrons. The van der Waals surface area contributed by atoms with Gasteiger partial charge in [0.1, 0.15) is 0 Å². The van der Waals surface area contributed by atoms with Gasteiger partial charge in [-0.2, -0.15) is 0 Å². The van der Waals surface area contributed by atoms with Crippen LogP contribution >= 0.6 is 22.7 Å². The summed E-state index contributed by atoms with van der Waals surface area (Å²) in [7, 11) is -3.11. The Balaban J connectivity index is 1.58. The maximum absolute atomic E-state index is 11.1. The second-order valence-electron chi connectivity index (χ2n) is 5.85. The van der Waals surface area contributed by atoms with Crippen LogP contribution < -0.4 is 10.0 Å². The average Bonchev–Trinajstić information content (AvgIpc) is 3.18. The third-order valence-corrected chi connectivity index (χ3v) is 6.51. The van der Waals surface area contributed by atoms with Crippen molar-refractivity contribution in [2.24, 2.45) is 0 Å². The van der Waals surface area contributed by atoms with Crippen molar-refractivity contribution in [3.8, 4) is 10.6 Å². The van der Waals surface area contributed by atoms with Gasteiger partial charge in [-0.3, -0.25) is 0 Å². The minimum atomic E-state index is -3.11. The van der Waals surface area contributed by atoms with Crippen molar-refractivity contribution in [3.63, 3.8) is 0 Å². The molecule has 0 amide bonds. The van der Waals surface area contributed by atoms with Crippen LogP contribution in [-0.4, -0.2) is 32.2 Å². The number of hydrogen-bond donors (Lipinski definition) is 2. The SMILES string of the molecule is CS(=O)(=O)NCCc1ccc(-c2csc(NC3CCCC3)n2)s1.